The third-order valence-electron chi connectivity index (χ3n) is 5.91. The van der Waals surface area contributed by atoms with E-state index < -0.39 is 24.0 Å². The molecule has 4 rings (SSSR count). The number of alkyl halides is 3. The van der Waals surface area contributed by atoms with Crippen LogP contribution in [0.15, 0.2) is 48.5 Å². The van der Waals surface area contributed by atoms with Gasteiger partial charge in [-0.3, -0.25) is 4.79 Å². The summed E-state index contributed by atoms with van der Waals surface area (Å²) in [5.74, 6) is -0.225. The first-order valence-corrected chi connectivity index (χ1v) is 10.6. The molecule has 0 aliphatic carbocycles. The van der Waals surface area contributed by atoms with Crippen LogP contribution >= 0.6 is 0 Å². The van der Waals surface area contributed by atoms with Gasteiger partial charge in [0.1, 0.15) is 6.17 Å². The van der Waals surface area contributed by atoms with E-state index in [1.165, 1.54) is 18.2 Å². The Morgan fingerprint density at radius 3 is 2.44 bits per heavy atom. The Labute approximate surface area is 183 Å². The summed E-state index contributed by atoms with van der Waals surface area (Å²) in [6.07, 6.45) is -4.63. The number of hydrogen-bond donors (Lipinski definition) is 1. The molecular weight excluding hydrogens is 423 g/mol. The number of fused-ring (bicyclic) bond motifs is 1. The minimum absolute atomic E-state index is 0.0801. The van der Waals surface area contributed by atoms with Crippen molar-refractivity contribution >= 4 is 17.7 Å². The second-order valence-electron chi connectivity index (χ2n) is 7.81. The molecule has 0 bridgehead atoms. The number of amides is 2. The number of ether oxygens (including phenoxy) is 1. The van der Waals surface area contributed by atoms with E-state index in [9.17, 15) is 22.8 Å². The first kappa shape index (κ1) is 22.0. The Balaban J connectivity index is 1.62. The molecule has 9 heteroatoms. The van der Waals surface area contributed by atoms with Gasteiger partial charge < -0.3 is 19.9 Å². The van der Waals surface area contributed by atoms with Gasteiger partial charge in [0.15, 0.2) is 0 Å². The van der Waals surface area contributed by atoms with Crippen molar-refractivity contribution in [1.29, 1.82) is 0 Å². The number of halogens is 3. The van der Waals surface area contributed by atoms with Gasteiger partial charge in [0, 0.05) is 35.9 Å². The van der Waals surface area contributed by atoms with Gasteiger partial charge in [0.25, 0.3) is 5.91 Å². The van der Waals surface area contributed by atoms with Crippen molar-refractivity contribution in [3.05, 3.63) is 65.2 Å². The first-order valence-electron chi connectivity index (χ1n) is 10.6. The summed E-state index contributed by atoms with van der Waals surface area (Å²) < 4.78 is 45.7. The average molecular weight is 447 g/mol. The molecule has 0 spiro atoms. The molecule has 1 saturated heterocycles. The number of carbonyl (C=O) groups is 2. The van der Waals surface area contributed by atoms with E-state index >= 15 is 0 Å². The number of nitrogens with zero attached hydrogens (tertiary/aromatic N) is 2. The van der Waals surface area contributed by atoms with Crippen LogP contribution in [0.25, 0.3) is 0 Å². The fraction of sp³-hybridized carbons (Fsp3) is 0.391. The molecule has 2 aromatic rings. The fourth-order valence-electron chi connectivity index (χ4n) is 4.41. The smallest absolute Gasteiger partial charge is 0.418 e. The number of hydrogen-bond acceptors (Lipinski definition) is 4. The first-order chi connectivity index (χ1) is 15.3. The maximum Gasteiger partial charge on any atom is 0.418 e. The number of para-hydroxylation sites is 1. The summed E-state index contributed by atoms with van der Waals surface area (Å²) in [5.41, 5.74) is 0.252. The summed E-state index contributed by atoms with van der Waals surface area (Å²) in [5, 5.41) is 2.98. The van der Waals surface area contributed by atoms with Crippen molar-refractivity contribution in [3.63, 3.8) is 0 Å². The molecular formula is C23H24F3N3O3. The Hall–Kier alpha value is -3.23. The van der Waals surface area contributed by atoms with Crippen LogP contribution < -0.4 is 5.32 Å². The number of anilines is 1. The quantitative estimate of drug-likeness (QED) is 0.725. The molecule has 2 aromatic carbocycles. The van der Waals surface area contributed by atoms with Gasteiger partial charge in [-0.05, 0) is 38.0 Å². The molecule has 1 unspecified atom stereocenters. The highest BCUT2D eigenvalue weighted by Gasteiger charge is 2.43. The third kappa shape index (κ3) is 4.11. The molecule has 1 atom stereocenters. The number of piperidine rings is 1. The Morgan fingerprint density at radius 2 is 1.75 bits per heavy atom. The minimum atomic E-state index is -4.53. The van der Waals surface area contributed by atoms with Gasteiger partial charge >= 0.3 is 12.3 Å². The molecule has 6 nitrogen and oxygen atoms in total. The molecule has 2 amide bonds. The van der Waals surface area contributed by atoms with Crippen LogP contribution in [0.3, 0.4) is 0 Å². The zero-order valence-corrected chi connectivity index (χ0v) is 17.6. The average Bonchev–Trinajstić information content (AvgIpc) is 3.05. The van der Waals surface area contributed by atoms with E-state index in [1.54, 1.807) is 41.0 Å². The van der Waals surface area contributed by atoms with E-state index in [0.717, 1.165) is 6.07 Å². The van der Waals surface area contributed by atoms with Gasteiger partial charge in [-0.1, -0.05) is 30.3 Å². The zero-order valence-electron chi connectivity index (χ0n) is 17.6. The highest BCUT2D eigenvalue weighted by Crippen LogP contribution is 2.41. The molecule has 1 fully saturated rings. The molecule has 2 aliphatic rings. The van der Waals surface area contributed by atoms with Gasteiger partial charge in [-0.25, -0.2) is 4.79 Å². The van der Waals surface area contributed by atoms with Gasteiger partial charge in [-0.15, -0.1) is 0 Å². The molecule has 0 radical (unpaired) electrons. The van der Waals surface area contributed by atoms with Gasteiger partial charge in [0.05, 0.1) is 12.2 Å². The molecule has 1 N–H and O–H groups in total. The highest BCUT2D eigenvalue weighted by molar-refractivity contribution is 5.99. The molecule has 170 valence electrons. The van der Waals surface area contributed by atoms with Crippen LogP contribution in [0.2, 0.25) is 0 Å². The molecule has 0 aromatic heterocycles. The van der Waals surface area contributed by atoms with Crippen LogP contribution in [-0.2, 0) is 10.9 Å². The summed E-state index contributed by atoms with van der Waals surface area (Å²) in [6.45, 7) is 2.84. The summed E-state index contributed by atoms with van der Waals surface area (Å²) in [7, 11) is 0. The lowest BCUT2D eigenvalue weighted by molar-refractivity contribution is -0.137. The van der Waals surface area contributed by atoms with Crippen molar-refractivity contribution in [2.45, 2.75) is 38.1 Å². The number of carbonyl (C=O) groups excluding carboxylic acids is 2. The number of benzene rings is 2. The molecule has 0 saturated carbocycles. The van der Waals surface area contributed by atoms with Crippen LogP contribution in [0.5, 0.6) is 0 Å². The topological polar surface area (TPSA) is 61.9 Å². The number of nitrogens with one attached hydrogen (secondary N) is 1. The number of rotatable bonds is 4. The predicted molar refractivity (Wildman–Crippen MR) is 112 cm³/mol. The second kappa shape index (κ2) is 8.72. The standard InChI is InChI=1S/C23H24F3N3O3/c1-2-32-22(31)28-13-11-15(12-14-28)29-20(16-7-3-4-8-17(16)21(29)30)27-19-10-6-5-9-18(19)23(24,25)26/h3-10,15,20,27H,2,11-14H2,1H3. The lowest BCUT2D eigenvalue weighted by atomic mass is 10.0. The van der Waals surface area contributed by atoms with E-state index in [2.05, 4.69) is 5.32 Å². The van der Waals surface area contributed by atoms with Gasteiger partial charge in [0.2, 0.25) is 0 Å². The largest absolute Gasteiger partial charge is 0.450 e. The lowest BCUT2D eigenvalue weighted by Crippen LogP contribution is -2.49. The third-order valence-corrected chi connectivity index (χ3v) is 5.91. The van der Waals surface area contributed by atoms with E-state index in [4.69, 9.17) is 4.74 Å². The molecule has 32 heavy (non-hydrogen) atoms. The summed E-state index contributed by atoms with van der Waals surface area (Å²) in [6, 6.07) is 12.0. The van der Waals surface area contributed by atoms with Crippen molar-refractivity contribution in [2.24, 2.45) is 0 Å². The van der Waals surface area contributed by atoms with Crippen LogP contribution in [-0.4, -0.2) is 47.5 Å². The Kier molecular flexibility index (Phi) is 5.99. The molecule has 2 aliphatic heterocycles. The van der Waals surface area contributed by atoms with E-state index in [-0.39, 0.29) is 24.2 Å². The van der Waals surface area contributed by atoms with E-state index in [1.807, 2.05) is 0 Å². The Morgan fingerprint density at radius 1 is 1.09 bits per heavy atom. The predicted octanol–water partition coefficient (Wildman–Crippen LogP) is 4.89. The summed E-state index contributed by atoms with van der Waals surface area (Å²) >= 11 is 0. The normalized spacial score (nSPS) is 19.1. The van der Waals surface area contributed by atoms with Crippen molar-refractivity contribution in [1.82, 2.24) is 9.80 Å². The highest BCUT2D eigenvalue weighted by atomic mass is 19.4. The number of likely N-dealkylation sites (tertiary alicyclic amines) is 1. The zero-order chi connectivity index (χ0) is 22.9. The fourth-order valence-corrected chi connectivity index (χ4v) is 4.41. The SMILES string of the molecule is CCOC(=O)N1CCC(N2C(=O)c3ccccc3C2Nc2ccccc2C(F)(F)F)CC1. The van der Waals surface area contributed by atoms with Crippen molar-refractivity contribution < 1.29 is 27.5 Å². The molecule has 2 heterocycles. The summed E-state index contributed by atoms with van der Waals surface area (Å²) in [4.78, 5) is 28.5. The maximum absolute atomic E-state index is 13.6. The lowest BCUT2D eigenvalue weighted by Gasteiger charge is -2.39. The van der Waals surface area contributed by atoms with Crippen molar-refractivity contribution in [3.8, 4) is 0 Å². The van der Waals surface area contributed by atoms with Crippen LogP contribution in [0, 0.1) is 0 Å². The van der Waals surface area contributed by atoms with Crippen LogP contribution in [0.1, 0.15) is 47.4 Å². The van der Waals surface area contributed by atoms with Crippen molar-refractivity contribution in [2.75, 3.05) is 25.0 Å². The Bertz CT molecular complexity index is 1000. The monoisotopic (exact) mass is 447 g/mol. The minimum Gasteiger partial charge on any atom is -0.450 e. The van der Waals surface area contributed by atoms with Crippen LogP contribution in [0.4, 0.5) is 23.7 Å². The second-order valence-corrected chi connectivity index (χ2v) is 7.81. The maximum atomic E-state index is 13.6. The van der Waals surface area contributed by atoms with Gasteiger partial charge in [-0.2, -0.15) is 13.2 Å². The van der Waals surface area contributed by atoms with E-state index in [0.29, 0.717) is 37.1 Å².